The van der Waals surface area contributed by atoms with E-state index in [0.29, 0.717) is 24.5 Å². The van der Waals surface area contributed by atoms with E-state index in [1.54, 1.807) is 23.3 Å². The summed E-state index contributed by atoms with van der Waals surface area (Å²) in [5.74, 6) is 1.05. The van der Waals surface area contributed by atoms with E-state index in [1.807, 2.05) is 6.92 Å². The molecule has 1 heterocycles. The van der Waals surface area contributed by atoms with E-state index in [1.165, 1.54) is 13.3 Å². The maximum atomic E-state index is 11.1. The number of thioether (sulfide) groups is 1. The monoisotopic (exact) mass is 287 g/mol. The molecule has 1 unspecified atom stereocenters. The molecule has 19 heavy (non-hydrogen) atoms. The van der Waals surface area contributed by atoms with Crippen molar-refractivity contribution >= 4 is 23.5 Å². The first-order valence-electron chi connectivity index (χ1n) is 5.80. The van der Waals surface area contributed by atoms with Gasteiger partial charge in [0.05, 0.1) is 13.5 Å². The smallest absolute Gasteiger partial charge is 0.342 e. The van der Waals surface area contributed by atoms with Crippen LogP contribution in [0.15, 0.2) is 6.20 Å². The summed E-state index contributed by atoms with van der Waals surface area (Å²) in [5.41, 5.74) is 0. The summed E-state index contributed by atoms with van der Waals surface area (Å²) in [5, 5.41) is 10.9. The number of hydrogen-bond acceptors (Lipinski definition) is 6. The van der Waals surface area contributed by atoms with E-state index in [-0.39, 0.29) is 17.0 Å². The standard InChI is InChI=1S/C11H17N3O4S/c1-8(6-11(15)18-3)19-5-4-13-9(2)12-7-10(13)14(16)17/h7-8H,4-6H2,1-3H3. The highest BCUT2D eigenvalue weighted by Crippen LogP contribution is 2.18. The number of carbonyl (C=O) groups excluding carboxylic acids is 1. The zero-order valence-corrected chi connectivity index (χ0v) is 12.0. The normalized spacial score (nSPS) is 12.2. The van der Waals surface area contributed by atoms with E-state index < -0.39 is 4.92 Å². The Morgan fingerprint density at radius 1 is 1.68 bits per heavy atom. The molecule has 0 spiro atoms. The van der Waals surface area contributed by atoms with Crippen molar-refractivity contribution in [3.05, 3.63) is 22.1 Å². The first-order chi connectivity index (χ1) is 8.95. The molecular weight excluding hydrogens is 270 g/mol. The van der Waals surface area contributed by atoms with E-state index in [0.717, 1.165) is 0 Å². The highest BCUT2D eigenvalue weighted by atomic mass is 32.2. The molecule has 0 aliphatic heterocycles. The molecule has 1 aromatic heterocycles. The molecule has 0 aliphatic carbocycles. The summed E-state index contributed by atoms with van der Waals surface area (Å²) < 4.78 is 6.15. The molecule has 0 fully saturated rings. The van der Waals surface area contributed by atoms with Crippen molar-refractivity contribution in [2.45, 2.75) is 32.1 Å². The zero-order valence-electron chi connectivity index (χ0n) is 11.2. The van der Waals surface area contributed by atoms with E-state index in [4.69, 9.17) is 0 Å². The Kier molecular flexibility index (Phi) is 5.81. The van der Waals surface area contributed by atoms with Gasteiger partial charge in [-0.25, -0.2) is 9.55 Å². The second kappa shape index (κ2) is 7.13. The topological polar surface area (TPSA) is 87.3 Å². The summed E-state index contributed by atoms with van der Waals surface area (Å²) in [6, 6.07) is 0. The lowest BCUT2D eigenvalue weighted by atomic mass is 10.3. The van der Waals surface area contributed by atoms with Crippen LogP contribution in [0.3, 0.4) is 0 Å². The van der Waals surface area contributed by atoms with Crippen molar-refractivity contribution < 1.29 is 14.5 Å². The largest absolute Gasteiger partial charge is 0.469 e. The second-order valence-corrected chi connectivity index (χ2v) is 5.58. The molecule has 106 valence electrons. The molecule has 0 aromatic carbocycles. The lowest BCUT2D eigenvalue weighted by Crippen LogP contribution is -2.12. The van der Waals surface area contributed by atoms with Crippen molar-refractivity contribution in [1.82, 2.24) is 9.55 Å². The van der Waals surface area contributed by atoms with Gasteiger partial charge in [0.15, 0.2) is 5.82 Å². The van der Waals surface area contributed by atoms with Crippen molar-refractivity contribution in [2.75, 3.05) is 12.9 Å². The Morgan fingerprint density at radius 2 is 2.37 bits per heavy atom. The predicted molar refractivity (Wildman–Crippen MR) is 72.2 cm³/mol. The van der Waals surface area contributed by atoms with Crippen LogP contribution in [-0.2, 0) is 16.1 Å². The summed E-state index contributed by atoms with van der Waals surface area (Å²) in [6.45, 7) is 4.16. The summed E-state index contributed by atoms with van der Waals surface area (Å²) in [4.78, 5) is 25.4. The van der Waals surface area contributed by atoms with E-state index in [9.17, 15) is 14.9 Å². The molecule has 0 radical (unpaired) electrons. The summed E-state index contributed by atoms with van der Waals surface area (Å²) >= 11 is 1.58. The van der Waals surface area contributed by atoms with Crippen LogP contribution in [0.5, 0.6) is 0 Å². The van der Waals surface area contributed by atoms with Gasteiger partial charge in [-0.3, -0.25) is 4.79 Å². The third-order valence-electron chi connectivity index (χ3n) is 2.62. The number of aromatic nitrogens is 2. The quantitative estimate of drug-likeness (QED) is 0.431. The number of rotatable bonds is 7. The third-order valence-corrected chi connectivity index (χ3v) is 3.77. The molecule has 0 N–H and O–H groups in total. The van der Waals surface area contributed by atoms with E-state index in [2.05, 4.69) is 9.72 Å². The Bertz CT molecular complexity index is 461. The molecular formula is C11H17N3O4S. The van der Waals surface area contributed by atoms with Gasteiger partial charge < -0.3 is 14.9 Å². The van der Waals surface area contributed by atoms with Gasteiger partial charge in [-0.15, -0.1) is 0 Å². The molecule has 1 rings (SSSR count). The zero-order chi connectivity index (χ0) is 14.4. The predicted octanol–water partition coefficient (Wildman–Crippen LogP) is 1.78. The van der Waals surface area contributed by atoms with Gasteiger partial charge in [0.25, 0.3) is 0 Å². The van der Waals surface area contributed by atoms with Crippen LogP contribution in [-0.4, -0.2) is 38.6 Å². The Labute approximate surface area is 115 Å². The van der Waals surface area contributed by atoms with Gasteiger partial charge in [-0.1, -0.05) is 6.92 Å². The second-order valence-electron chi connectivity index (χ2n) is 4.03. The van der Waals surface area contributed by atoms with Gasteiger partial charge in [0, 0.05) is 17.9 Å². The number of nitro groups is 1. The van der Waals surface area contributed by atoms with Gasteiger partial charge in [-0.2, -0.15) is 11.8 Å². The SMILES string of the molecule is COC(=O)CC(C)SCCn1c([N+](=O)[O-])cnc1C. The average Bonchev–Trinajstić information content (AvgIpc) is 2.71. The molecule has 1 aromatic rings. The van der Waals surface area contributed by atoms with Crippen LogP contribution in [0.25, 0.3) is 0 Å². The molecule has 0 bridgehead atoms. The lowest BCUT2D eigenvalue weighted by Gasteiger charge is -2.09. The highest BCUT2D eigenvalue weighted by molar-refractivity contribution is 7.99. The highest BCUT2D eigenvalue weighted by Gasteiger charge is 2.17. The van der Waals surface area contributed by atoms with Gasteiger partial charge in [-0.05, 0) is 4.92 Å². The molecule has 0 saturated carbocycles. The molecule has 0 aliphatic rings. The number of imidazole rings is 1. The van der Waals surface area contributed by atoms with Crippen molar-refractivity contribution in [2.24, 2.45) is 0 Å². The van der Waals surface area contributed by atoms with Crippen LogP contribution in [0.1, 0.15) is 19.2 Å². The van der Waals surface area contributed by atoms with Crippen molar-refractivity contribution in [3.8, 4) is 0 Å². The van der Waals surface area contributed by atoms with Crippen molar-refractivity contribution in [1.29, 1.82) is 0 Å². The fraction of sp³-hybridized carbons (Fsp3) is 0.636. The lowest BCUT2D eigenvalue weighted by molar-refractivity contribution is -0.392. The van der Waals surface area contributed by atoms with Crippen LogP contribution < -0.4 is 0 Å². The maximum Gasteiger partial charge on any atom is 0.342 e. The van der Waals surface area contributed by atoms with Gasteiger partial charge in [0.1, 0.15) is 12.7 Å². The minimum absolute atomic E-state index is 0.00118. The summed E-state index contributed by atoms with van der Waals surface area (Å²) in [6.07, 6.45) is 1.60. The third kappa shape index (κ3) is 4.55. The molecule has 0 saturated heterocycles. The Hall–Kier alpha value is -1.57. The van der Waals surface area contributed by atoms with E-state index >= 15 is 0 Å². The van der Waals surface area contributed by atoms with Crippen LogP contribution in [0.4, 0.5) is 5.82 Å². The number of aryl methyl sites for hydroxylation is 1. The summed E-state index contributed by atoms with van der Waals surface area (Å²) in [7, 11) is 1.36. The average molecular weight is 287 g/mol. The van der Waals surface area contributed by atoms with Gasteiger partial charge in [0.2, 0.25) is 0 Å². The minimum atomic E-state index is -0.442. The van der Waals surface area contributed by atoms with Crippen LogP contribution in [0.2, 0.25) is 0 Å². The maximum absolute atomic E-state index is 11.1. The first kappa shape index (κ1) is 15.5. The van der Waals surface area contributed by atoms with Crippen molar-refractivity contribution in [3.63, 3.8) is 0 Å². The molecule has 0 amide bonds. The number of hydrogen-bond donors (Lipinski definition) is 0. The number of ether oxygens (including phenoxy) is 1. The Balaban J connectivity index is 2.47. The van der Waals surface area contributed by atoms with Crippen LogP contribution in [0, 0.1) is 17.0 Å². The number of methoxy groups -OCH3 is 1. The van der Waals surface area contributed by atoms with Gasteiger partial charge >= 0.3 is 11.8 Å². The number of carbonyl (C=O) groups is 1. The molecule has 8 heteroatoms. The fourth-order valence-corrected chi connectivity index (χ4v) is 2.54. The minimum Gasteiger partial charge on any atom is -0.469 e. The first-order valence-corrected chi connectivity index (χ1v) is 6.85. The molecule has 1 atom stereocenters. The molecule has 7 nitrogen and oxygen atoms in total. The fourth-order valence-electron chi connectivity index (χ4n) is 1.60. The van der Waals surface area contributed by atoms with Crippen LogP contribution >= 0.6 is 11.8 Å². The number of esters is 1. The number of nitrogens with zero attached hydrogens (tertiary/aromatic N) is 3. The Morgan fingerprint density at radius 3 is 2.95 bits per heavy atom.